The van der Waals surface area contributed by atoms with Crippen LogP contribution in [0, 0.1) is 5.82 Å². The van der Waals surface area contributed by atoms with Crippen LogP contribution in [0.25, 0.3) is 0 Å². The minimum absolute atomic E-state index is 0.0699. The molecule has 2 aromatic carbocycles. The number of piperazine rings is 1. The van der Waals surface area contributed by atoms with Crippen LogP contribution in [0.3, 0.4) is 0 Å². The highest BCUT2D eigenvalue weighted by Crippen LogP contribution is 2.32. The summed E-state index contributed by atoms with van der Waals surface area (Å²) in [7, 11) is 0. The summed E-state index contributed by atoms with van der Waals surface area (Å²) in [6, 6.07) is 13.1. The van der Waals surface area contributed by atoms with Gasteiger partial charge in [0.25, 0.3) is 5.91 Å². The van der Waals surface area contributed by atoms with Crippen LogP contribution in [0.4, 0.5) is 4.39 Å². The van der Waals surface area contributed by atoms with Crippen molar-refractivity contribution in [2.24, 2.45) is 0 Å². The largest absolute Gasteiger partial charge is 0.485 e. The van der Waals surface area contributed by atoms with Gasteiger partial charge in [0.1, 0.15) is 18.5 Å². The first-order chi connectivity index (χ1) is 15.6. The minimum Gasteiger partial charge on any atom is -0.485 e. The highest BCUT2D eigenvalue weighted by Gasteiger charge is 2.37. The molecule has 0 aromatic heterocycles. The average molecular weight is 439 g/mol. The highest BCUT2D eigenvalue weighted by molar-refractivity contribution is 5.84. The smallest absolute Gasteiger partial charge is 0.267 e. The summed E-state index contributed by atoms with van der Waals surface area (Å²) in [5.74, 6) is 0.704. The molecule has 2 aromatic rings. The zero-order valence-corrected chi connectivity index (χ0v) is 17.7. The third kappa shape index (κ3) is 4.41. The molecule has 1 N–H and O–H groups in total. The minimum atomic E-state index is -0.678. The van der Waals surface area contributed by atoms with Gasteiger partial charge in [-0.3, -0.25) is 14.5 Å². The molecule has 168 valence electrons. The van der Waals surface area contributed by atoms with Crippen molar-refractivity contribution in [1.82, 2.24) is 15.1 Å². The summed E-state index contributed by atoms with van der Waals surface area (Å²) in [6.45, 7) is 2.22. The maximum absolute atomic E-state index is 13.4. The lowest BCUT2D eigenvalue weighted by Crippen LogP contribution is -2.56. The maximum Gasteiger partial charge on any atom is 0.267 e. The van der Waals surface area contributed by atoms with Crippen LogP contribution in [0.15, 0.2) is 48.5 Å². The van der Waals surface area contributed by atoms with E-state index in [9.17, 15) is 14.0 Å². The molecule has 32 heavy (non-hydrogen) atoms. The lowest BCUT2D eigenvalue weighted by molar-refractivity contribution is -0.143. The van der Waals surface area contributed by atoms with Gasteiger partial charge in [0.15, 0.2) is 11.5 Å². The molecule has 2 atom stereocenters. The predicted molar refractivity (Wildman–Crippen MR) is 115 cm³/mol. The number of benzene rings is 2. The molecule has 1 saturated carbocycles. The van der Waals surface area contributed by atoms with Crippen molar-refractivity contribution >= 4 is 11.8 Å². The Bertz CT molecular complexity index is 987. The fourth-order valence-electron chi connectivity index (χ4n) is 4.23. The fourth-order valence-corrected chi connectivity index (χ4v) is 4.23. The molecule has 2 aliphatic heterocycles. The number of fused-ring (bicyclic) bond motifs is 1. The van der Waals surface area contributed by atoms with Crippen LogP contribution < -0.4 is 14.8 Å². The molecule has 0 spiro atoms. The molecule has 2 unspecified atom stereocenters. The van der Waals surface area contributed by atoms with Gasteiger partial charge < -0.3 is 19.7 Å². The van der Waals surface area contributed by atoms with Crippen molar-refractivity contribution in [3.8, 4) is 11.5 Å². The van der Waals surface area contributed by atoms with E-state index >= 15 is 0 Å². The average Bonchev–Trinajstić information content (AvgIpc) is 3.64. The molecule has 0 bridgehead atoms. The van der Waals surface area contributed by atoms with Crippen LogP contribution in [0.1, 0.15) is 24.4 Å². The Morgan fingerprint density at radius 1 is 0.969 bits per heavy atom. The number of nitrogens with zero attached hydrogens (tertiary/aromatic N) is 2. The number of halogens is 1. The number of hydrogen-bond acceptors (Lipinski definition) is 5. The van der Waals surface area contributed by atoms with Gasteiger partial charge in [-0.05, 0) is 42.7 Å². The van der Waals surface area contributed by atoms with Crippen molar-refractivity contribution in [1.29, 1.82) is 0 Å². The van der Waals surface area contributed by atoms with Crippen LogP contribution in [0.5, 0.6) is 11.5 Å². The summed E-state index contributed by atoms with van der Waals surface area (Å²) in [6.07, 6.45) is 1.32. The van der Waals surface area contributed by atoms with Crippen molar-refractivity contribution in [3.05, 3.63) is 59.9 Å². The first-order valence-corrected chi connectivity index (χ1v) is 11.1. The van der Waals surface area contributed by atoms with Crippen LogP contribution >= 0.6 is 0 Å². The number of carbonyl (C=O) groups excluding carboxylic acids is 2. The fraction of sp³-hybridized carbons (Fsp3) is 0.417. The summed E-state index contributed by atoms with van der Waals surface area (Å²) in [4.78, 5) is 29.8. The summed E-state index contributed by atoms with van der Waals surface area (Å²) >= 11 is 0. The topological polar surface area (TPSA) is 71.1 Å². The maximum atomic E-state index is 13.4. The van der Waals surface area contributed by atoms with E-state index in [1.165, 1.54) is 12.1 Å². The van der Waals surface area contributed by atoms with Gasteiger partial charge >= 0.3 is 0 Å². The summed E-state index contributed by atoms with van der Waals surface area (Å²) in [5.41, 5.74) is 0.755. The SMILES string of the molecule is O=C(NC1CC1)C(c1ccc(F)cc1)N1CCN(C(=O)C2COc3ccccc3O2)CC1. The zero-order valence-electron chi connectivity index (χ0n) is 17.7. The molecule has 8 heteroatoms. The number of amides is 2. The standard InChI is InChI=1S/C24H26FN3O4/c25-17-7-5-16(6-8-17)22(23(29)26-18-9-10-18)27-11-13-28(14-12-27)24(30)21-15-31-19-3-1-2-4-20(19)32-21/h1-8,18,21-22H,9-15H2,(H,26,29). The van der Waals surface area contributed by atoms with Crippen molar-refractivity contribution in [3.63, 3.8) is 0 Å². The highest BCUT2D eigenvalue weighted by atomic mass is 19.1. The molecule has 1 aliphatic carbocycles. The third-order valence-electron chi connectivity index (χ3n) is 6.13. The first-order valence-electron chi connectivity index (χ1n) is 11.1. The Morgan fingerprint density at radius 2 is 1.66 bits per heavy atom. The van der Waals surface area contributed by atoms with Crippen LogP contribution in [0.2, 0.25) is 0 Å². The molecule has 3 aliphatic rings. The Kier molecular flexibility index (Phi) is 5.70. The summed E-state index contributed by atoms with van der Waals surface area (Å²) < 4.78 is 25.0. The molecule has 5 rings (SSSR count). The van der Waals surface area contributed by atoms with Gasteiger partial charge in [0.2, 0.25) is 12.0 Å². The Labute approximate surface area is 186 Å². The van der Waals surface area contributed by atoms with E-state index < -0.39 is 12.1 Å². The van der Waals surface area contributed by atoms with E-state index in [0.717, 1.165) is 18.4 Å². The number of para-hydroxylation sites is 2. The second-order valence-electron chi connectivity index (χ2n) is 8.46. The predicted octanol–water partition coefficient (Wildman–Crippen LogP) is 2.13. The quantitative estimate of drug-likeness (QED) is 0.773. The molecule has 7 nitrogen and oxygen atoms in total. The van der Waals surface area contributed by atoms with Crippen LogP contribution in [-0.4, -0.2) is 66.5 Å². The third-order valence-corrected chi connectivity index (χ3v) is 6.13. The normalized spacial score (nSPS) is 21.7. The van der Waals surface area contributed by atoms with E-state index in [1.807, 2.05) is 18.2 Å². The van der Waals surface area contributed by atoms with Gasteiger partial charge in [-0.2, -0.15) is 0 Å². The van der Waals surface area contributed by atoms with Gasteiger partial charge in [-0.25, -0.2) is 4.39 Å². The van der Waals surface area contributed by atoms with Crippen molar-refractivity contribution in [2.45, 2.75) is 31.0 Å². The molecule has 1 saturated heterocycles. The van der Waals surface area contributed by atoms with Crippen molar-refractivity contribution in [2.75, 3.05) is 32.8 Å². The van der Waals surface area contributed by atoms with Gasteiger partial charge in [-0.15, -0.1) is 0 Å². The number of nitrogens with one attached hydrogen (secondary N) is 1. The molecular formula is C24H26FN3O4. The molecular weight excluding hydrogens is 413 g/mol. The number of rotatable bonds is 5. The number of carbonyl (C=O) groups is 2. The van der Waals surface area contributed by atoms with E-state index in [4.69, 9.17) is 9.47 Å². The van der Waals surface area contributed by atoms with Gasteiger partial charge in [0, 0.05) is 32.2 Å². The molecule has 2 heterocycles. The summed E-state index contributed by atoms with van der Waals surface area (Å²) in [5, 5.41) is 3.07. The van der Waals surface area contributed by atoms with Crippen LogP contribution in [-0.2, 0) is 9.59 Å². The zero-order chi connectivity index (χ0) is 22.1. The first kappa shape index (κ1) is 20.8. The van der Waals surface area contributed by atoms with E-state index in [2.05, 4.69) is 10.2 Å². The Balaban J connectivity index is 1.24. The Morgan fingerprint density at radius 3 is 2.34 bits per heavy atom. The molecule has 2 amide bonds. The van der Waals surface area contributed by atoms with E-state index in [1.54, 1.807) is 23.1 Å². The van der Waals surface area contributed by atoms with Gasteiger partial charge in [-0.1, -0.05) is 24.3 Å². The van der Waals surface area contributed by atoms with E-state index in [-0.39, 0.29) is 30.3 Å². The van der Waals surface area contributed by atoms with E-state index in [0.29, 0.717) is 37.7 Å². The number of hydrogen-bond donors (Lipinski definition) is 1. The lowest BCUT2D eigenvalue weighted by atomic mass is 10.0. The van der Waals surface area contributed by atoms with Gasteiger partial charge in [0.05, 0.1) is 0 Å². The second kappa shape index (κ2) is 8.78. The van der Waals surface area contributed by atoms with Crippen molar-refractivity contribution < 1.29 is 23.5 Å². The Hall–Kier alpha value is -3.13. The molecule has 0 radical (unpaired) electrons. The molecule has 2 fully saturated rings. The lowest BCUT2D eigenvalue weighted by Gasteiger charge is -2.40. The monoisotopic (exact) mass is 439 g/mol. The second-order valence-corrected chi connectivity index (χ2v) is 8.46. The number of ether oxygens (including phenoxy) is 2.